The summed E-state index contributed by atoms with van der Waals surface area (Å²) in [6, 6.07) is 2.34. The van der Waals surface area contributed by atoms with Crippen LogP contribution in [0.1, 0.15) is 49.9 Å². The van der Waals surface area contributed by atoms with Gasteiger partial charge in [0.1, 0.15) is 0 Å². The SMILES string of the molecule is Cc1cc(CC(N)C2(N(C)C)CCCCCC2)n(C)n1. The Labute approximate surface area is 123 Å². The van der Waals surface area contributed by atoms with E-state index in [1.807, 2.05) is 18.7 Å². The van der Waals surface area contributed by atoms with E-state index < -0.39 is 0 Å². The fraction of sp³-hybridized carbons (Fsp3) is 0.812. The van der Waals surface area contributed by atoms with Crippen LogP contribution in [0.5, 0.6) is 0 Å². The molecule has 20 heavy (non-hydrogen) atoms. The smallest absolute Gasteiger partial charge is 0.0596 e. The normalized spacial score (nSPS) is 20.9. The fourth-order valence-electron chi connectivity index (χ4n) is 3.76. The molecular formula is C16H30N4. The molecule has 4 heteroatoms. The summed E-state index contributed by atoms with van der Waals surface area (Å²) in [6.45, 7) is 2.04. The van der Waals surface area contributed by atoms with E-state index in [1.54, 1.807) is 0 Å². The van der Waals surface area contributed by atoms with Crippen LogP contribution in [0, 0.1) is 6.92 Å². The molecule has 1 unspecified atom stereocenters. The predicted octanol–water partition coefficient (Wildman–Crippen LogP) is 2.25. The first-order valence-corrected chi connectivity index (χ1v) is 7.88. The number of nitrogens with zero attached hydrogens (tertiary/aromatic N) is 3. The Morgan fingerprint density at radius 2 is 1.90 bits per heavy atom. The molecule has 1 atom stereocenters. The molecule has 0 saturated heterocycles. The number of nitrogens with two attached hydrogens (primary N) is 1. The van der Waals surface area contributed by atoms with Crippen molar-refractivity contribution >= 4 is 0 Å². The van der Waals surface area contributed by atoms with Crippen LogP contribution >= 0.6 is 0 Å². The van der Waals surface area contributed by atoms with Crippen LogP contribution in [0.15, 0.2) is 6.07 Å². The van der Waals surface area contributed by atoms with Gasteiger partial charge >= 0.3 is 0 Å². The monoisotopic (exact) mass is 278 g/mol. The molecule has 114 valence electrons. The van der Waals surface area contributed by atoms with E-state index in [2.05, 4.69) is 30.2 Å². The van der Waals surface area contributed by atoms with Gasteiger partial charge in [-0.2, -0.15) is 5.10 Å². The second-order valence-corrected chi connectivity index (χ2v) is 6.62. The Hall–Kier alpha value is -0.870. The van der Waals surface area contributed by atoms with Gasteiger partial charge in [0.05, 0.1) is 5.69 Å². The van der Waals surface area contributed by atoms with Gasteiger partial charge in [-0.3, -0.25) is 4.68 Å². The highest BCUT2D eigenvalue weighted by Crippen LogP contribution is 2.34. The maximum atomic E-state index is 6.68. The van der Waals surface area contributed by atoms with Gasteiger partial charge < -0.3 is 10.6 Å². The summed E-state index contributed by atoms with van der Waals surface area (Å²) in [5.41, 5.74) is 9.16. The van der Waals surface area contributed by atoms with Crippen molar-refractivity contribution in [3.05, 3.63) is 17.5 Å². The molecular weight excluding hydrogens is 248 g/mol. The number of hydrogen-bond acceptors (Lipinski definition) is 3. The van der Waals surface area contributed by atoms with E-state index in [1.165, 1.54) is 44.2 Å². The van der Waals surface area contributed by atoms with Crippen LogP contribution in [-0.2, 0) is 13.5 Å². The summed E-state index contributed by atoms with van der Waals surface area (Å²) in [4.78, 5) is 2.38. The quantitative estimate of drug-likeness (QED) is 0.859. The van der Waals surface area contributed by atoms with Crippen LogP contribution in [0.3, 0.4) is 0 Å². The van der Waals surface area contributed by atoms with Gasteiger partial charge in [-0.25, -0.2) is 0 Å². The number of rotatable bonds is 4. The lowest BCUT2D eigenvalue weighted by atomic mass is 9.80. The number of likely N-dealkylation sites (N-methyl/N-ethyl adjacent to an activating group) is 1. The van der Waals surface area contributed by atoms with Gasteiger partial charge in [-0.1, -0.05) is 25.7 Å². The Morgan fingerprint density at radius 3 is 2.35 bits per heavy atom. The first kappa shape index (κ1) is 15.5. The Balaban J connectivity index is 2.18. The lowest BCUT2D eigenvalue weighted by Crippen LogP contribution is -2.58. The van der Waals surface area contributed by atoms with Gasteiger partial charge in [-0.15, -0.1) is 0 Å². The van der Waals surface area contributed by atoms with Crippen LogP contribution in [0.4, 0.5) is 0 Å². The van der Waals surface area contributed by atoms with E-state index in [0.29, 0.717) is 0 Å². The predicted molar refractivity (Wildman–Crippen MR) is 83.7 cm³/mol. The van der Waals surface area contributed by atoms with Gasteiger partial charge in [0.25, 0.3) is 0 Å². The number of hydrogen-bond donors (Lipinski definition) is 1. The molecule has 1 aliphatic carbocycles. The van der Waals surface area contributed by atoms with Crippen molar-refractivity contribution in [1.29, 1.82) is 0 Å². The highest BCUT2D eigenvalue weighted by molar-refractivity contribution is 5.13. The minimum Gasteiger partial charge on any atom is -0.326 e. The summed E-state index contributed by atoms with van der Waals surface area (Å²) < 4.78 is 1.98. The molecule has 1 saturated carbocycles. The molecule has 2 N–H and O–H groups in total. The molecule has 1 heterocycles. The van der Waals surface area contributed by atoms with E-state index in [9.17, 15) is 0 Å². The first-order valence-electron chi connectivity index (χ1n) is 7.88. The molecule has 0 bridgehead atoms. The average Bonchev–Trinajstić information content (AvgIpc) is 2.60. The van der Waals surface area contributed by atoms with E-state index >= 15 is 0 Å². The molecule has 1 aromatic rings. The zero-order valence-electron chi connectivity index (χ0n) is 13.5. The lowest BCUT2D eigenvalue weighted by Gasteiger charge is -2.44. The zero-order valence-corrected chi connectivity index (χ0v) is 13.5. The second-order valence-electron chi connectivity index (χ2n) is 6.62. The number of aromatic nitrogens is 2. The zero-order chi connectivity index (χ0) is 14.8. The van der Waals surface area contributed by atoms with Crippen molar-refractivity contribution in [2.45, 2.75) is 63.5 Å². The van der Waals surface area contributed by atoms with Gasteiger partial charge in [0, 0.05) is 30.7 Å². The molecule has 1 aliphatic rings. The van der Waals surface area contributed by atoms with Crippen LogP contribution < -0.4 is 5.73 Å². The van der Waals surface area contributed by atoms with E-state index in [0.717, 1.165) is 12.1 Å². The van der Waals surface area contributed by atoms with Gasteiger partial charge in [-0.05, 0) is 39.9 Å². The molecule has 4 nitrogen and oxygen atoms in total. The van der Waals surface area contributed by atoms with Crippen LogP contribution in [0.2, 0.25) is 0 Å². The third-order valence-corrected chi connectivity index (χ3v) is 5.08. The molecule has 1 fully saturated rings. The van der Waals surface area contributed by atoms with Crippen molar-refractivity contribution in [1.82, 2.24) is 14.7 Å². The Bertz CT molecular complexity index is 428. The standard InChI is InChI=1S/C16H30N4/c1-13-11-14(20(4)18-13)12-15(17)16(19(2)3)9-7-5-6-8-10-16/h11,15H,5-10,12,17H2,1-4H3. The maximum absolute atomic E-state index is 6.68. The molecule has 0 aromatic carbocycles. The molecule has 1 aromatic heterocycles. The lowest BCUT2D eigenvalue weighted by molar-refractivity contribution is 0.0960. The minimum absolute atomic E-state index is 0.147. The van der Waals surface area contributed by atoms with Crippen molar-refractivity contribution < 1.29 is 0 Å². The average molecular weight is 278 g/mol. The van der Waals surface area contributed by atoms with E-state index in [4.69, 9.17) is 5.73 Å². The Kier molecular flexibility index (Phi) is 4.86. The topological polar surface area (TPSA) is 47.1 Å². The van der Waals surface area contributed by atoms with Crippen LogP contribution in [-0.4, -0.2) is 40.4 Å². The maximum Gasteiger partial charge on any atom is 0.0596 e. The molecule has 0 spiro atoms. The van der Waals surface area contributed by atoms with Gasteiger partial charge in [0.15, 0.2) is 0 Å². The van der Waals surface area contributed by atoms with E-state index in [-0.39, 0.29) is 11.6 Å². The summed E-state index contributed by atoms with van der Waals surface area (Å²) in [7, 11) is 6.41. The second kappa shape index (κ2) is 6.27. The minimum atomic E-state index is 0.147. The molecule has 0 aliphatic heterocycles. The third kappa shape index (κ3) is 3.07. The molecule has 2 rings (SSSR count). The summed E-state index contributed by atoms with van der Waals surface area (Å²) in [5, 5.41) is 4.44. The summed E-state index contributed by atoms with van der Waals surface area (Å²) in [6.07, 6.45) is 8.67. The van der Waals surface area contributed by atoms with Crippen molar-refractivity contribution in [2.75, 3.05) is 14.1 Å². The highest BCUT2D eigenvalue weighted by atomic mass is 15.3. The fourth-order valence-corrected chi connectivity index (χ4v) is 3.76. The van der Waals surface area contributed by atoms with Crippen molar-refractivity contribution in [3.8, 4) is 0 Å². The molecule has 0 amide bonds. The number of aryl methyl sites for hydroxylation is 2. The summed E-state index contributed by atoms with van der Waals surface area (Å²) in [5.74, 6) is 0. The summed E-state index contributed by atoms with van der Waals surface area (Å²) >= 11 is 0. The van der Waals surface area contributed by atoms with Crippen molar-refractivity contribution in [2.24, 2.45) is 12.8 Å². The largest absolute Gasteiger partial charge is 0.326 e. The highest BCUT2D eigenvalue weighted by Gasteiger charge is 2.39. The third-order valence-electron chi connectivity index (χ3n) is 5.08. The molecule has 0 radical (unpaired) electrons. The van der Waals surface area contributed by atoms with Crippen molar-refractivity contribution in [3.63, 3.8) is 0 Å². The van der Waals surface area contributed by atoms with Gasteiger partial charge in [0.2, 0.25) is 0 Å². The Morgan fingerprint density at radius 1 is 1.30 bits per heavy atom. The first-order chi connectivity index (χ1) is 9.45. The van der Waals surface area contributed by atoms with Crippen LogP contribution in [0.25, 0.3) is 0 Å².